The van der Waals surface area contributed by atoms with E-state index in [1.807, 2.05) is 6.07 Å². The second-order valence-corrected chi connectivity index (χ2v) is 2.40. The van der Waals surface area contributed by atoms with Gasteiger partial charge in [-0.25, -0.2) is 4.98 Å². The number of carbonyl (C=O) groups excluding carboxylic acids is 1. The minimum atomic E-state index is 0.207. The van der Waals surface area contributed by atoms with Crippen molar-refractivity contribution in [3.05, 3.63) is 36.5 Å². The lowest BCUT2D eigenvalue weighted by atomic mass is 10.2. The lowest BCUT2D eigenvalue weighted by molar-refractivity contribution is 0.110. The number of aromatic nitrogens is 2. The predicted octanol–water partition coefficient (Wildman–Crippen LogP) is 1.55. The fourth-order valence-electron chi connectivity index (χ4n) is 1.03. The average molecular weight is 174 g/mol. The normalized spacial score (nSPS) is 9.85. The van der Waals surface area contributed by atoms with Gasteiger partial charge in [-0.1, -0.05) is 6.07 Å². The fourth-order valence-corrected chi connectivity index (χ4v) is 1.03. The number of oxazole rings is 1. The topological polar surface area (TPSA) is 56.0 Å². The molecule has 0 aliphatic heterocycles. The van der Waals surface area contributed by atoms with E-state index < -0.39 is 0 Å². The molecule has 0 unspecified atom stereocenters. The smallest absolute Gasteiger partial charge is 0.196 e. The summed E-state index contributed by atoms with van der Waals surface area (Å²) in [5.74, 6) is 0.207. The SMILES string of the molecule is O=Cc1ocnc1-c1ccccn1. The monoisotopic (exact) mass is 174 g/mol. The second kappa shape index (κ2) is 3.18. The fraction of sp³-hybridized carbons (Fsp3) is 0. The van der Waals surface area contributed by atoms with E-state index in [4.69, 9.17) is 4.42 Å². The van der Waals surface area contributed by atoms with Crippen molar-refractivity contribution in [1.82, 2.24) is 9.97 Å². The van der Waals surface area contributed by atoms with Gasteiger partial charge in [0.25, 0.3) is 0 Å². The van der Waals surface area contributed by atoms with Gasteiger partial charge < -0.3 is 4.42 Å². The first-order valence-corrected chi connectivity index (χ1v) is 3.72. The van der Waals surface area contributed by atoms with Crippen LogP contribution in [0.1, 0.15) is 10.6 Å². The van der Waals surface area contributed by atoms with E-state index in [-0.39, 0.29) is 5.76 Å². The molecule has 0 aliphatic carbocycles. The zero-order valence-corrected chi connectivity index (χ0v) is 6.68. The molecule has 64 valence electrons. The van der Waals surface area contributed by atoms with Gasteiger partial charge in [0, 0.05) is 6.20 Å². The van der Waals surface area contributed by atoms with Gasteiger partial charge in [-0.05, 0) is 12.1 Å². The van der Waals surface area contributed by atoms with Crippen molar-refractivity contribution in [1.29, 1.82) is 0 Å². The van der Waals surface area contributed by atoms with Crippen LogP contribution in [-0.4, -0.2) is 16.3 Å². The molecule has 0 bridgehead atoms. The van der Waals surface area contributed by atoms with Gasteiger partial charge in [0.1, 0.15) is 5.69 Å². The van der Waals surface area contributed by atoms with E-state index >= 15 is 0 Å². The number of carbonyl (C=O) groups is 1. The predicted molar refractivity (Wildman–Crippen MR) is 45.1 cm³/mol. The summed E-state index contributed by atoms with van der Waals surface area (Å²) >= 11 is 0. The molecule has 0 amide bonds. The molecule has 0 saturated carbocycles. The van der Waals surface area contributed by atoms with Crippen LogP contribution in [0.15, 0.2) is 35.2 Å². The van der Waals surface area contributed by atoms with Crippen LogP contribution in [0, 0.1) is 0 Å². The molecule has 0 saturated heterocycles. The first-order chi connectivity index (χ1) is 6.42. The molecule has 0 N–H and O–H groups in total. The molecule has 0 atom stereocenters. The van der Waals surface area contributed by atoms with E-state index in [0.717, 1.165) is 0 Å². The lowest BCUT2D eigenvalue weighted by Gasteiger charge is -1.93. The number of hydrogen-bond acceptors (Lipinski definition) is 4. The van der Waals surface area contributed by atoms with Crippen molar-refractivity contribution in [3.8, 4) is 11.4 Å². The molecule has 2 heterocycles. The van der Waals surface area contributed by atoms with E-state index in [9.17, 15) is 4.79 Å². The third kappa shape index (κ3) is 1.33. The van der Waals surface area contributed by atoms with Crippen molar-refractivity contribution in [2.45, 2.75) is 0 Å². The molecule has 2 aromatic rings. The average Bonchev–Trinajstić information content (AvgIpc) is 2.67. The molecular weight excluding hydrogens is 168 g/mol. The van der Waals surface area contributed by atoms with Gasteiger partial charge >= 0.3 is 0 Å². The molecule has 4 heteroatoms. The third-order valence-electron chi connectivity index (χ3n) is 1.61. The summed E-state index contributed by atoms with van der Waals surface area (Å²) in [6, 6.07) is 5.39. The maximum Gasteiger partial charge on any atom is 0.196 e. The second-order valence-electron chi connectivity index (χ2n) is 2.40. The standard InChI is InChI=1S/C9H6N2O2/c12-5-8-9(11-6-13-8)7-3-1-2-4-10-7/h1-6H. The Morgan fingerprint density at radius 3 is 2.92 bits per heavy atom. The number of pyridine rings is 1. The summed E-state index contributed by atoms with van der Waals surface area (Å²) < 4.78 is 4.85. The van der Waals surface area contributed by atoms with Gasteiger partial charge in [-0.2, -0.15) is 0 Å². The van der Waals surface area contributed by atoms with Crippen molar-refractivity contribution >= 4 is 6.29 Å². The summed E-state index contributed by atoms with van der Waals surface area (Å²) in [7, 11) is 0. The van der Waals surface area contributed by atoms with Crippen molar-refractivity contribution in [2.75, 3.05) is 0 Å². The van der Waals surface area contributed by atoms with E-state index in [1.165, 1.54) is 6.39 Å². The van der Waals surface area contributed by atoms with Crippen LogP contribution in [0.4, 0.5) is 0 Å². The summed E-state index contributed by atoms with van der Waals surface area (Å²) in [5, 5.41) is 0. The molecule has 0 radical (unpaired) electrons. The first kappa shape index (κ1) is 7.67. The summed E-state index contributed by atoms with van der Waals surface area (Å²) in [6.07, 6.45) is 3.49. The van der Waals surface area contributed by atoms with Gasteiger partial charge in [0.2, 0.25) is 0 Å². The maximum atomic E-state index is 10.5. The van der Waals surface area contributed by atoms with Crippen molar-refractivity contribution in [2.24, 2.45) is 0 Å². The van der Waals surface area contributed by atoms with Gasteiger partial charge in [0.15, 0.2) is 18.4 Å². The summed E-state index contributed by atoms with van der Waals surface area (Å²) in [4.78, 5) is 18.4. The molecule has 2 rings (SSSR count). The Balaban J connectivity index is 2.52. The Bertz CT molecular complexity index is 409. The van der Waals surface area contributed by atoms with Crippen LogP contribution in [0.2, 0.25) is 0 Å². The molecule has 0 fully saturated rings. The van der Waals surface area contributed by atoms with Crippen LogP contribution in [0.3, 0.4) is 0 Å². The zero-order chi connectivity index (χ0) is 9.10. The highest BCUT2D eigenvalue weighted by molar-refractivity contribution is 5.80. The zero-order valence-electron chi connectivity index (χ0n) is 6.68. The molecule has 4 nitrogen and oxygen atoms in total. The van der Waals surface area contributed by atoms with Crippen LogP contribution in [0.25, 0.3) is 11.4 Å². The molecule has 0 aliphatic rings. The number of hydrogen-bond donors (Lipinski definition) is 0. The highest BCUT2D eigenvalue weighted by Crippen LogP contribution is 2.17. The lowest BCUT2D eigenvalue weighted by Crippen LogP contribution is -1.86. The quantitative estimate of drug-likeness (QED) is 0.648. The van der Waals surface area contributed by atoms with Crippen LogP contribution < -0.4 is 0 Å². The Morgan fingerprint density at radius 2 is 2.23 bits per heavy atom. The van der Waals surface area contributed by atoms with Gasteiger partial charge in [-0.3, -0.25) is 9.78 Å². The van der Waals surface area contributed by atoms with Crippen LogP contribution in [0.5, 0.6) is 0 Å². The Labute approximate surface area is 74.2 Å². The Morgan fingerprint density at radius 1 is 1.31 bits per heavy atom. The Kier molecular flexibility index (Phi) is 1.88. The van der Waals surface area contributed by atoms with Crippen LogP contribution >= 0.6 is 0 Å². The molecule has 0 aromatic carbocycles. The third-order valence-corrected chi connectivity index (χ3v) is 1.61. The van der Waals surface area contributed by atoms with E-state index in [2.05, 4.69) is 9.97 Å². The molecule has 13 heavy (non-hydrogen) atoms. The van der Waals surface area contributed by atoms with Crippen molar-refractivity contribution in [3.63, 3.8) is 0 Å². The van der Waals surface area contributed by atoms with Gasteiger partial charge in [-0.15, -0.1) is 0 Å². The van der Waals surface area contributed by atoms with E-state index in [1.54, 1.807) is 18.3 Å². The molecule has 2 aromatic heterocycles. The largest absolute Gasteiger partial charge is 0.440 e. The number of aldehydes is 1. The molecular formula is C9H6N2O2. The van der Waals surface area contributed by atoms with E-state index in [0.29, 0.717) is 17.7 Å². The van der Waals surface area contributed by atoms with Crippen molar-refractivity contribution < 1.29 is 9.21 Å². The summed E-state index contributed by atoms with van der Waals surface area (Å²) in [6.45, 7) is 0. The first-order valence-electron chi connectivity index (χ1n) is 3.72. The highest BCUT2D eigenvalue weighted by atomic mass is 16.3. The number of nitrogens with zero attached hydrogens (tertiary/aromatic N) is 2. The minimum absolute atomic E-state index is 0.207. The number of rotatable bonds is 2. The highest BCUT2D eigenvalue weighted by Gasteiger charge is 2.09. The Hall–Kier alpha value is -1.97. The van der Waals surface area contributed by atoms with Gasteiger partial charge in [0.05, 0.1) is 5.69 Å². The minimum Gasteiger partial charge on any atom is -0.440 e. The maximum absolute atomic E-state index is 10.5. The summed E-state index contributed by atoms with van der Waals surface area (Å²) in [5.41, 5.74) is 1.12. The molecule has 0 spiro atoms. The van der Waals surface area contributed by atoms with Crippen LogP contribution in [-0.2, 0) is 0 Å².